The zero-order valence-corrected chi connectivity index (χ0v) is 15.2. The Bertz CT molecular complexity index is 824. The summed E-state index contributed by atoms with van der Waals surface area (Å²) in [5.74, 6) is 0.0142. The van der Waals surface area contributed by atoms with E-state index in [-0.39, 0.29) is 40.5 Å². The molecule has 2 aromatic rings. The number of aromatic nitrogens is 2. The molecule has 0 saturated carbocycles. The Morgan fingerprint density at radius 3 is 2.35 bits per heavy atom. The number of Topliss-reactive ketones (excluding diaryl/α,β-unsaturated/α-hetero) is 1. The van der Waals surface area contributed by atoms with E-state index in [2.05, 4.69) is 14.7 Å². The van der Waals surface area contributed by atoms with Gasteiger partial charge in [-0.05, 0) is 36.0 Å². The normalized spacial score (nSPS) is 12.9. The van der Waals surface area contributed by atoms with Crippen LogP contribution in [0.15, 0.2) is 35.1 Å². The molecule has 0 amide bonds. The van der Waals surface area contributed by atoms with Crippen molar-refractivity contribution < 1.29 is 18.3 Å². The lowest BCUT2D eigenvalue weighted by molar-refractivity contribution is -0.0498. The number of hydrogen-bond donors (Lipinski definition) is 1. The third-order valence-electron chi connectivity index (χ3n) is 4.09. The van der Waals surface area contributed by atoms with Crippen LogP contribution in [-0.4, -0.2) is 22.4 Å². The van der Waals surface area contributed by atoms with Gasteiger partial charge >= 0.3 is 6.61 Å². The van der Waals surface area contributed by atoms with Gasteiger partial charge in [-0.3, -0.25) is 9.59 Å². The lowest BCUT2D eigenvalue weighted by Gasteiger charge is -2.31. The van der Waals surface area contributed by atoms with Gasteiger partial charge in [0.25, 0.3) is 5.56 Å². The Kier molecular flexibility index (Phi) is 5.90. The third-order valence-corrected chi connectivity index (χ3v) is 4.09. The van der Waals surface area contributed by atoms with Crippen molar-refractivity contribution in [3.8, 4) is 5.75 Å². The SMILES string of the molecule is Cc1nc(C(=O)C[C@@H](c2ccc(OC(F)F)cc2)C(C)(C)C)cc(=O)[nH]1. The van der Waals surface area contributed by atoms with Crippen LogP contribution in [0.3, 0.4) is 0 Å². The number of ether oxygens (including phenoxy) is 1. The fourth-order valence-corrected chi connectivity index (χ4v) is 2.82. The molecule has 0 unspecified atom stereocenters. The van der Waals surface area contributed by atoms with Crippen molar-refractivity contribution in [2.24, 2.45) is 5.41 Å². The first-order chi connectivity index (χ1) is 12.1. The summed E-state index contributed by atoms with van der Waals surface area (Å²) in [4.78, 5) is 30.8. The average Bonchev–Trinajstić information content (AvgIpc) is 2.50. The van der Waals surface area contributed by atoms with Crippen molar-refractivity contribution in [3.05, 3.63) is 57.8 Å². The molecule has 2 rings (SSSR count). The van der Waals surface area contributed by atoms with Gasteiger partial charge in [0, 0.05) is 12.5 Å². The van der Waals surface area contributed by atoms with Gasteiger partial charge in [0.1, 0.15) is 17.3 Å². The molecule has 1 aromatic carbocycles. The molecular weight excluding hydrogens is 342 g/mol. The summed E-state index contributed by atoms with van der Waals surface area (Å²) in [6.45, 7) is 4.70. The maximum Gasteiger partial charge on any atom is 0.387 e. The molecule has 0 bridgehead atoms. The van der Waals surface area contributed by atoms with Crippen LogP contribution in [0, 0.1) is 12.3 Å². The number of nitrogens with one attached hydrogen (secondary N) is 1. The summed E-state index contributed by atoms with van der Waals surface area (Å²) in [7, 11) is 0. The third kappa shape index (κ3) is 5.21. The number of alkyl halides is 2. The van der Waals surface area contributed by atoms with E-state index in [1.807, 2.05) is 20.8 Å². The number of carbonyl (C=O) groups is 1. The summed E-state index contributed by atoms with van der Waals surface area (Å²) >= 11 is 0. The summed E-state index contributed by atoms with van der Waals surface area (Å²) in [6, 6.07) is 7.46. The van der Waals surface area contributed by atoms with E-state index in [4.69, 9.17) is 0 Å². The van der Waals surface area contributed by atoms with Crippen molar-refractivity contribution in [2.75, 3.05) is 0 Å². The summed E-state index contributed by atoms with van der Waals surface area (Å²) < 4.78 is 28.9. The molecule has 140 valence electrons. The first-order valence-corrected chi connectivity index (χ1v) is 8.22. The number of aryl methyl sites for hydroxylation is 1. The van der Waals surface area contributed by atoms with E-state index in [1.54, 1.807) is 19.1 Å². The standard InChI is InChI=1S/C19H22F2N2O3/c1-11-22-15(10-17(25)23-11)16(24)9-14(19(2,3)4)12-5-7-13(8-6-12)26-18(20)21/h5-8,10,14,18H,9H2,1-4H3,(H,22,23,25)/t14-/m0/s1. The Balaban J connectivity index is 2.28. The number of nitrogens with zero attached hydrogens (tertiary/aromatic N) is 1. The maximum absolute atomic E-state index is 12.7. The number of aromatic amines is 1. The van der Waals surface area contributed by atoms with Gasteiger partial charge in [-0.2, -0.15) is 8.78 Å². The molecule has 0 aliphatic heterocycles. The molecule has 1 N–H and O–H groups in total. The Morgan fingerprint density at radius 1 is 1.23 bits per heavy atom. The second-order valence-electron chi connectivity index (χ2n) is 7.21. The topological polar surface area (TPSA) is 72.0 Å². The highest BCUT2D eigenvalue weighted by Crippen LogP contribution is 2.39. The fourth-order valence-electron chi connectivity index (χ4n) is 2.82. The minimum absolute atomic E-state index is 0.0645. The summed E-state index contributed by atoms with van der Waals surface area (Å²) in [5, 5.41) is 0. The van der Waals surface area contributed by atoms with E-state index < -0.39 is 6.61 Å². The van der Waals surface area contributed by atoms with Gasteiger partial charge in [-0.15, -0.1) is 0 Å². The van der Waals surface area contributed by atoms with Crippen LogP contribution in [0.5, 0.6) is 5.75 Å². The maximum atomic E-state index is 12.7. The number of halogens is 2. The Morgan fingerprint density at radius 2 is 1.85 bits per heavy atom. The number of hydrogen-bond acceptors (Lipinski definition) is 4. The smallest absolute Gasteiger partial charge is 0.387 e. The molecule has 0 saturated heterocycles. The number of carbonyl (C=O) groups excluding carboxylic acids is 1. The predicted octanol–water partition coefficient (Wildman–Crippen LogP) is 4.08. The van der Waals surface area contributed by atoms with E-state index in [0.29, 0.717) is 5.82 Å². The second-order valence-corrected chi connectivity index (χ2v) is 7.21. The first kappa shape index (κ1) is 19.8. The minimum Gasteiger partial charge on any atom is -0.435 e. The van der Waals surface area contributed by atoms with E-state index >= 15 is 0 Å². The van der Waals surface area contributed by atoms with Gasteiger partial charge in [0.15, 0.2) is 5.78 Å². The number of H-pyrrole nitrogens is 1. The molecule has 0 aliphatic rings. The van der Waals surface area contributed by atoms with Crippen molar-refractivity contribution >= 4 is 5.78 Å². The predicted molar refractivity (Wildman–Crippen MR) is 93.8 cm³/mol. The molecule has 0 fully saturated rings. The van der Waals surface area contributed by atoms with Gasteiger partial charge in [-0.1, -0.05) is 32.9 Å². The van der Waals surface area contributed by atoms with E-state index in [1.165, 1.54) is 18.2 Å². The zero-order valence-electron chi connectivity index (χ0n) is 15.2. The monoisotopic (exact) mass is 364 g/mol. The zero-order chi connectivity index (χ0) is 19.5. The highest BCUT2D eigenvalue weighted by atomic mass is 19.3. The van der Waals surface area contributed by atoms with E-state index in [9.17, 15) is 18.4 Å². The van der Waals surface area contributed by atoms with Crippen LogP contribution in [-0.2, 0) is 0 Å². The quantitative estimate of drug-likeness (QED) is 0.784. The summed E-state index contributed by atoms with van der Waals surface area (Å²) in [6.07, 6.45) is 0.147. The largest absolute Gasteiger partial charge is 0.435 e. The van der Waals surface area contributed by atoms with Crippen LogP contribution in [0.2, 0.25) is 0 Å². The number of benzene rings is 1. The van der Waals surface area contributed by atoms with Crippen LogP contribution in [0.4, 0.5) is 8.78 Å². The molecule has 1 atom stereocenters. The Labute approximate surface area is 150 Å². The van der Waals surface area contributed by atoms with Gasteiger partial charge in [0.05, 0.1) is 0 Å². The van der Waals surface area contributed by atoms with Crippen LogP contribution >= 0.6 is 0 Å². The van der Waals surface area contributed by atoms with Crippen molar-refractivity contribution in [1.29, 1.82) is 0 Å². The highest BCUT2D eigenvalue weighted by Gasteiger charge is 2.29. The second kappa shape index (κ2) is 7.76. The van der Waals surface area contributed by atoms with E-state index in [0.717, 1.165) is 5.56 Å². The molecule has 0 aliphatic carbocycles. The van der Waals surface area contributed by atoms with Crippen LogP contribution in [0.25, 0.3) is 0 Å². The van der Waals surface area contributed by atoms with Crippen LogP contribution < -0.4 is 10.3 Å². The fraction of sp³-hybridized carbons (Fsp3) is 0.421. The summed E-state index contributed by atoms with van der Waals surface area (Å²) in [5.41, 5.74) is 0.311. The molecule has 7 heteroatoms. The van der Waals surface area contributed by atoms with Gasteiger partial charge in [-0.25, -0.2) is 4.98 Å². The molecule has 26 heavy (non-hydrogen) atoms. The highest BCUT2D eigenvalue weighted by molar-refractivity contribution is 5.94. The first-order valence-electron chi connectivity index (χ1n) is 8.22. The van der Waals surface area contributed by atoms with Crippen LogP contribution in [0.1, 0.15) is 55.0 Å². The molecule has 1 heterocycles. The lowest BCUT2D eigenvalue weighted by atomic mass is 9.73. The Hall–Kier alpha value is -2.57. The van der Waals surface area contributed by atoms with Crippen molar-refractivity contribution in [2.45, 2.75) is 46.6 Å². The lowest BCUT2D eigenvalue weighted by Crippen LogP contribution is -2.23. The molecule has 5 nitrogen and oxygen atoms in total. The van der Waals surface area contributed by atoms with Crippen molar-refractivity contribution in [3.63, 3.8) is 0 Å². The molecule has 1 aromatic heterocycles. The molecule has 0 radical (unpaired) electrons. The number of rotatable bonds is 6. The number of ketones is 1. The average molecular weight is 364 g/mol. The van der Waals surface area contributed by atoms with Crippen molar-refractivity contribution in [1.82, 2.24) is 9.97 Å². The minimum atomic E-state index is -2.88. The molecule has 0 spiro atoms. The van der Waals surface area contributed by atoms with Gasteiger partial charge < -0.3 is 9.72 Å². The van der Waals surface area contributed by atoms with Gasteiger partial charge in [0.2, 0.25) is 0 Å². The molecular formula is C19H22F2N2O3.